The van der Waals surface area contributed by atoms with Crippen LogP contribution in [0.1, 0.15) is 30.6 Å². The van der Waals surface area contributed by atoms with Crippen molar-refractivity contribution in [2.45, 2.75) is 25.8 Å². The van der Waals surface area contributed by atoms with E-state index < -0.39 is 5.92 Å². The number of aromatic nitrogens is 1. The number of phenolic OH excluding ortho intramolecular Hbond substituents is 1. The Hall–Kier alpha value is -2.31. The monoisotopic (exact) mass is 370 g/mol. The number of esters is 1. The predicted molar refractivity (Wildman–Crippen MR) is 102 cm³/mol. The van der Waals surface area contributed by atoms with Crippen LogP contribution in [0.3, 0.4) is 0 Å². The first kappa shape index (κ1) is 18.1. The second-order valence-electron chi connectivity index (χ2n) is 7.50. The van der Waals surface area contributed by atoms with Crippen molar-refractivity contribution < 1.29 is 19.7 Å². The summed E-state index contributed by atoms with van der Waals surface area (Å²) in [5.74, 6) is -0.662. The number of aliphatic hydroxyl groups is 1. The Labute approximate surface area is 158 Å². The van der Waals surface area contributed by atoms with Crippen LogP contribution in [0, 0.1) is 11.8 Å². The van der Waals surface area contributed by atoms with Gasteiger partial charge in [0.1, 0.15) is 5.75 Å². The second kappa shape index (κ2) is 7.02. The molecule has 0 spiro atoms. The fourth-order valence-corrected chi connectivity index (χ4v) is 4.85. The number of allylic oxidation sites excluding steroid dienone is 1. The van der Waals surface area contributed by atoms with Gasteiger partial charge in [0, 0.05) is 29.7 Å². The Balaban J connectivity index is 1.74. The lowest BCUT2D eigenvalue weighted by atomic mass is 9.75. The number of aliphatic hydroxyl groups excluding tert-OH is 1. The molecule has 1 aromatic carbocycles. The van der Waals surface area contributed by atoms with Crippen LogP contribution in [0.25, 0.3) is 10.9 Å². The van der Waals surface area contributed by atoms with Crippen LogP contribution >= 0.6 is 0 Å². The largest absolute Gasteiger partial charge is 0.508 e. The molecule has 6 heteroatoms. The molecule has 1 fully saturated rings. The number of benzene rings is 1. The van der Waals surface area contributed by atoms with E-state index in [-0.39, 0.29) is 30.3 Å². The van der Waals surface area contributed by atoms with Crippen molar-refractivity contribution in [1.29, 1.82) is 0 Å². The highest BCUT2D eigenvalue weighted by atomic mass is 16.5. The summed E-state index contributed by atoms with van der Waals surface area (Å²) < 4.78 is 4.94. The Bertz CT molecular complexity index is 901. The Morgan fingerprint density at radius 3 is 3.00 bits per heavy atom. The quantitative estimate of drug-likeness (QED) is 0.571. The van der Waals surface area contributed by atoms with E-state index in [9.17, 15) is 15.0 Å². The minimum absolute atomic E-state index is 0.0422. The SMILES string of the molecule is C/C=C1/CN2CCc3c([nH]c4ccc(O)cc34)[C@@H]2C[C@@H]1[C@H](CO)C(=O)OC. The van der Waals surface area contributed by atoms with Crippen LogP contribution in [0.4, 0.5) is 0 Å². The number of phenols is 1. The number of carbonyl (C=O) groups is 1. The maximum Gasteiger partial charge on any atom is 0.311 e. The summed E-state index contributed by atoms with van der Waals surface area (Å²) in [4.78, 5) is 18.2. The minimum Gasteiger partial charge on any atom is -0.508 e. The molecule has 0 aliphatic carbocycles. The zero-order valence-corrected chi connectivity index (χ0v) is 15.7. The van der Waals surface area contributed by atoms with Crippen LogP contribution in [-0.4, -0.2) is 52.9 Å². The molecule has 6 nitrogen and oxygen atoms in total. The van der Waals surface area contributed by atoms with Gasteiger partial charge >= 0.3 is 5.97 Å². The standard InChI is InChI=1S/C21H26N2O4/c1-3-12-10-23-7-6-14-16-8-13(25)4-5-18(16)22-20(14)19(23)9-15(12)17(11-24)21(26)27-2/h3-5,8,15,17,19,22,24-25H,6-7,9-11H2,1-2H3/b12-3-/t15-,17-,19-/m0/s1. The van der Waals surface area contributed by atoms with E-state index in [1.807, 2.05) is 19.1 Å². The smallest absolute Gasteiger partial charge is 0.311 e. The molecule has 1 aromatic heterocycles. The molecule has 0 radical (unpaired) electrons. The predicted octanol–water partition coefficient (Wildman–Crippen LogP) is 2.52. The van der Waals surface area contributed by atoms with Crippen LogP contribution < -0.4 is 0 Å². The summed E-state index contributed by atoms with van der Waals surface area (Å²) in [6, 6.07) is 5.59. The molecule has 0 amide bonds. The lowest BCUT2D eigenvalue weighted by molar-refractivity contribution is -0.149. The summed E-state index contributed by atoms with van der Waals surface area (Å²) in [7, 11) is 1.37. The zero-order valence-electron chi connectivity index (χ0n) is 15.7. The van der Waals surface area contributed by atoms with Gasteiger partial charge in [-0.2, -0.15) is 0 Å². The number of carbonyl (C=O) groups excluding carboxylic acids is 1. The number of aromatic amines is 1. The van der Waals surface area contributed by atoms with Crippen molar-refractivity contribution in [3.8, 4) is 5.75 Å². The van der Waals surface area contributed by atoms with Crippen molar-refractivity contribution in [3.63, 3.8) is 0 Å². The molecule has 2 aromatic rings. The van der Waals surface area contributed by atoms with Crippen LogP contribution in [-0.2, 0) is 16.0 Å². The third kappa shape index (κ3) is 2.93. The number of hydrogen-bond donors (Lipinski definition) is 3. The molecule has 2 aliphatic heterocycles. The van der Waals surface area contributed by atoms with E-state index in [1.165, 1.54) is 23.9 Å². The van der Waals surface area contributed by atoms with E-state index in [4.69, 9.17) is 4.74 Å². The van der Waals surface area contributed by atoms with E-state index in [0.717, 1.165) is 36.8 Å². The minimum atomic E-state index is -0.540. The molecular formula is C21H26N2O4. The molecule has 3 atom stereocenters. The first-order valence-corrected chi connectivity index (χ1v) is 9.48. The maximum atomic E-state index is 12.2. The lowest BCUT2D eigenvalue weighted by Crippen LogP contribution is -2.45. The third-order valence-corrected chi connectivity index (χ3v) is 6.24. The van der Waals surface area contributed by atoms with Crippen molar-refractivity contribution in [3.05, 3.63) is 41.1 Å². The summed E-state index contributed by atoms with van der Waals surface area (Å²) in [6.45, 7) is 3.51. The van der Waals surface area contributed by atoms with Crippen LogP contribution in [0.5, 0.6) is 5.75 Å². The summed E-state index contributed by atoms with van der Waals surface area (Å²) in [5, 5.41) is 20.8. The molecule has 144 valence electrons. The molecule has 3 N–H and O–H groups in total. The van der Waals surface area contributed by atoms with Gasteiger partial charge in [-0.15, -0.1) is 0 Å². The van der Waals surface area contributed by atoms with Crippen molar-refractivity contribution in [1.82, 2.24) is 9.88 Å². The second-order valence-corrected chi connectivity index (χ2v) is 7.50. The number of hydrogen-bond acceptors (Lipinski definition) is 5. The number of rotatable bonds is 3. The van der Waals surface area contributed by atoms with Crippen molar-refractivity contribution in [2.24, 2.45) is 11.8 Å². The highest BCUT2D eigenvalue weighted by molar-refractivity contribution is 5.86. The summed E-state index contributed by atoms with van der Waals surface area (Å²) in [5.41, 5.74) is 4.64. The Morgan fingerprint density at radius 1 is 1.48 bits per heavy atom. The van der Waals surface area contributed by atoms with Gasteiger partial charge in [0.05, 0.1) is 25.7 Å². The molecule has 2 aliphatic rings. The van der Waals surface area contributed by atoms with Crippen LogP contribution in [0.15, 0.2) is 29.8 Å². The average Bonchev–Trinajstić information content (AvgIpc) is 3.06. The topological polar surface area (TPSA) is 85.8 Å². The molecule has 1 saturated heterocycles. The van der Waals surface area contributed by atoms with E-state index in [1.54, 1.807) is 6.07 Å². The maximum absolute atomic E-state index is 12.2. The number of piperidine rings is 1. The van der Waals surface area contributed by atoms with E-state index >= 15 is 0 Å². The zero-order chi connectivity index (χ0) is 19.1. The highest BCUT2D eigenvalue weighted by Gasteiger charge is 2.42. The number of aromatic hydroxyl groups is 1. The van der Waals surface area contributed by atoms with Gasteiger partial charge in [-0.05, 0) is 49.4 Å². The third-order valence-electron chi connectivity index (χ3n) is 6.24. The first-order chi connectivity index (χ1) is 13.1. The van der Waals surface area contributed by atoms with Crippen LogP contribution in [0.2, 0.25) is 0 Å². The Morgan fingerprint density at radius 2 is 2.30 bits per heavy atom. The molecule has 0 saturated carbocycles. The fourth-order valence-electron chi connectivity index (χ4n) is 4.85. The molecule has 4 rings (SSSR count). The van der Waals surface area contributed by atoms with Gasteiger partial charge in [0.15, 0.2) is 0 Å². The van der Waals surface area contributed by atoms with Gasteiger partial charge < -0.3 is 19.9 Å². The van der Waals surface area contributed by atoms with Gasteiger partial charge in [0.25, 0.3) is 0 Å². The molecule has 0 unspecified atom stereocenters. The number of nitrogens with one attached hydrogen (secondary N) is 1. The van der Waals surface area contributed by atoms with Gasteiger partial charge in [-0.25, -0.2) is 0 Å². The fraction of sp³-hybridized carbons (Fsp3) is 0.476. The normalized spacial score (nSPS) is 25.2. The number of nitrogens with zero attached hydrogens (tertiary/aromatic N) is 1. The first-order valence-electron chi connectivity index (χ1n) is 9.48. The number of H-pyrrole nitrogens is 1. The summed E-state index contributed by atoms with van der Waals surface area (Å²) >= 11 is 0. The van der Waals surface area contributed by atoms with Gasteiger partial charge in [-0.3, -0.25) is 9.69 Å². The highest BCUT2D eigenvalue weighted by Crippen LogP contribution is 2.45. The lowest BCUT2D eigenvalue weighted by Gasteiger charge is -2.45. The van der Waals surface area contributed by atoms with Crippen molar-refractivity contribution in [2.75, 3.05) is 26.8 Å². The molecule has 0 bridgehead atoms. The Kier molecular flexibility index (Phi) is 4.70. The number of methoxy groups -OCH3 is 1. The summed E-state index contributed by atoms with van der Waals surface area (Å²) in [6.07, 6.45) is 3.76. The number of fused-ring (bicyclic) bond motifs is 5. The van der Waals surface area contributed by atoms with E-state index in [0.29, 0.717) is 0 Å². The van der Waals surface area contributed by atoms with E-state index in [2.05, 4.69) is 16.0 Å². The average molecular weight is 370 g/mol. The van der Waals surface area contributed by atoms with Crippen molar-refractivity contribution >= 4 is 16.9 Å². The van der Waals surface area contributed by atoms with Gasteiger partial charge in [-0.1, -0.05) is 11.6 Å². The number of ether oxygens (including phenoxy) is 1. The molecule has 27 heavy (non-hydrogen) atoms. The molecular weight excluding hydrogens is 344 g/mol. The molecule has 3 heterocycles. The van der Waals surface area contributed by atoms with Gasteiger partial charge in [0.2, 0.25) is 0 Å².